The molecule has 0 aromatic heterocycles. The fraction of sp³-hybridized carbons (Fsp3) is 1.00. The smallest absolute Gasteiger partial charge is 0.389 e. The first kappa shape index (κ1) is 14.7. The van der Waals surface area contributed by atoms with Gasteiger partial charge >= 0.3 is 6.18 Å². The second kappa shape index (κ2) is 6.33. The van der Waals surface area contributed by atoms with Crippen molar-refractivity contribution in [2.75, 3.05) is 13.2 Å². The molecule has 0 aliphatic heterocycles. The maximum Gasteiger partial charge on any atom is 0.389 e. The molecule has 0 aliphatic rings. The van der Waals surface area contributed by atoms with Crippen LogP contribution in [-0.2, 0) is 0 Å². The van der Waals surface area contributed by atoms with Gasteiger partial charge in [-0.05, 0) is 32.7 Å². The van der Waals surface area contributed by atoms with Gasteiger partial charge in [-0.1, -0.05) is 6.92 Å². The molecule has 0 amide bonds. The average molecular weight is 227 g/mol. The molecule has 0 heterocycles. The Morgan fingerprint density at radius 3 is 2.20 bits per heavy atom. The molecule has 0 rings (SSSR count). The zero-order valence-corrected chi connectivity index (χ0v) is 9.32. The van der Waals surface area contributed by atoms with Crippen molar-refractivity contribution in [2.45, 2.75) is 51.2 Å². The Labute approximate surface area is 88.9 Å². The summed E-state index contributed by atoms with van der Waals surface area (Å²) in [5.41, 5.74) is -0.582. The molecule has 5 heteroatoms. The van der Waals surface area contributed by atoms with Crippen LogP contribution in [0.3, 0.4) is 0 Å². The quantitative estimate of drug-likeness (QED) is 0.700. The average Bonchev–Trinajstić information content (AvgIpc) is 2.13. The Bertz CT molecular complexity index is 173. The van der Waals surface area contributed by atoms with Crippen molar-refractivity contribution >= 4 is 0 Å². The minimum absolute atomic E-state index is 0.0529. The van der Waals surface area contributed by atoms with Crippen LogP contribution in [-0.4, -0.2) is 30.0 Å². The van der Waals surface area contributed by atoms with Gasteiger partial charge in [0.15, 0.2) is 0 Å². The van der Waals surface area contributed by atoms with E-state index in [1.54, 1.807) is 6.92 Å². The van der Waals surface area contributed by atoms with Gasteiger partial charge < -0.3 is 10.4 Å². The molecule has 0 aliphatic carbocycles. The highest BCUT2D eigenvalue weighted by Crippen LogP contribution is 2.24. The van der Waals surface area contributed by atoms with Gasteiger partial charge in [-0.15, -0.1) is 0 Å². The van der Waals surface area contributed by atoms with Crippen molar-refractivity contribution in [1.82, 2.24) is 5.32 Å². The first-order valence-corrected chi connectivity index (χ1v) is 5.25. The minimum atomic E-state index is -4.10. The highest BCUT2D eigenvalue weighted by molar-refractivity contribution is 4.82. The molecule has 1 atom stereocenters. The van der Waals surface area contributed by atoms with E-state index in [0.29, 0.717) is 13.0 Å². The number of hydrogen-bond acceptors (Lipinski definition) is 2. The number of hydrogen-bond donors (Lipinski definition) is 2. The van der Waals surface area contributed by atoms with Gasteiger partial charge in [0.2, 0.25) is 0 Å². The largest absolute Gasteiger partial charge is 0.394 e. The van der Waals surface area contributed by atoms with E-state index in [2.05, 4.69) is 5.32 Å². The molecule has 1 unspecified atom stereocenters. The van der Waals surface area contributed by atoms with Gasteiger partial charge in [0.25, 0.3) is 0 Å². The summed E-state index contributed by atoms with van der Waals surface area (Å²) in [4.78, 5) is 0. The highest BCUT2D eigenvalue weighted by atomic mass is 19.4. The molecule has 15 heavy (non-hydrogen) atoms. The van der Waals surface area contributed by atoms with Crippen LogP contribution in [0.25, 0.3) is 0 Å². The molecule has 0 aromatic rings. The lowest BCUT2D eigenvalue weighted by Crippen LogP contribution is -2.46. The highest BCUT2D eigenvalue weighted by Gasteiger charge is 2.29. The van der Waals surface area contributed by atoms with E-state index in [9.17, 15) is 13.2 Å². The summed E-state index contributed by atoms with van der Waals surface area (Å²) in [6.07, 6.45) is -3.59. The Kier molecular flexibility index (Phi) is 6.20. The van der Waals surface area contributed by atoms with E-state index in [1.807, 2.05) is 6.92 Å². The van der Waals surface area contributed by atoms with Crippen LogP contribution < -0.4 is 5.32 Å². The lowest BCUT2D eigenvalue weighted by atomic mass is 9.95. The summed E-state index contributed by atoms with van der Waals surface area (Å²) in [6, 6.07) is 0. The second-order valence-electron chi connectivity index (χ2n) is 4.11. The molecule has 0 saturated carbocycles. The SMILES string of the molecule is CCCNC(C)(CO)CCCC(F)(F)F. The molecule has 0 saturated heterocycles. The molecule has 92 valence electrons. The Morgan fingerprint density at radius 1 is 1.20 bits per heavy atom. The van der Waals surface area contributed by atoms with Crippen molar-refractivity contribution < 1.29 is 18.3 Å². The van der Waals surface area contributed by atoms with Crippen LogP contribution in [0.5, 0.6) is 0 Å². The van der Waals surface area contributed by atoms with E-state index in [4.69, 9.17) is 5.11 Å². The van der Waals surface area contributed by atoms with Gasteiger partial charge in [-0.2, -0.15) is 13.2 Å². The lowest BCUT2D eigenvalue weighted by Gasteiger charge is -2.29. The van der Waals surface area contributed by atoms with Crippen LogP contribution in [0.1, 0.15) is 39.5 Å². The maximum atomic E-state index is 11.9. The number of nitrogens with one attached hydrogen (secondary N) is 1. The molecular formula is C10H20F3NO. The minimum Gasteiger partial charge on any atom is -0.394 e. The summed E-state index contributed by atoms with van der Waals surface area (Å²) >= 11 is 0. The topological polar surface area (TPSA) is 32.3 Å². The Morgan fingerprint density at radius 2 is 1.80 bits per heavy atom. The summed E-state index contributed by atoms with van der Waals surface area (Å²) in [7, 11) is 0. The zero-order valence-electron chi connectivity index (χ0n) is 9.32. The van der Waals surface area contributed by atoms with Crippen molar-refractivity contribution in [3.8, 4) is 0 Å². The molecule has 2 nitrogen and oxygen atoms in total. The Hall–Kier alpha value is -0.290. The maximum absolute atomic E-state index is 11.9. The van der Waals surface area contributed by atoms with Gasteiger partial charge in [0, 0.05) is 12.0 Å². The van der Waals surface area contributed by atoms with Crippen LogP contribution in [0.15, 0.2) is 0 Å². The standard InChI is InChI=1S/C10H20F3NO/c1-3-7-14-9(2,8-15)5-4-6-10(11,12)13/h14-15H,3-8H2,1-2H3. The Balaban J connectivity index is 3.87. The molecule has 0 spiro atoms. The third-order valence-electron chi connectivity index (χ3n) is 2.34. The van der Waals surface area contributed by atoms with Crippen molar-refractivity contribution in [3.63, 3.8) is 0 Å². The van der Waals surface area contributed by atoms with Crippen molar-refractivity contribution in [3.05, 3.63) is 0 Å². The predicted molar refractivity (Wildman–Crippen MR) is 53.7 cm³/mol. The third-order valence-corrected chi connectivity index (χ3v) is 2.34. The molecule has 0 fully saturated rings. The first-order valence-electron chi connectivity index (χ1n) is 5.25. The van der Waals surface area contributed by atoms with Crippen LogP contribution >= 0.6 is 0 Å². The molecule has 0 aromatic carbocycles. The van der Waals surface area contributed by atoms with Crippen LogP contribution in [0.4, 0.5) is 13.2 Å². The molecule has 2 N–H and O–H groups in total. The van der Waals surface area contributed by atoms with Crippen molar-refractivity contribution in [1.29, 1.82) is 0 Å². The van der Waals surface area contributed by atoms with Crippen molar-refractivity contribution in [2.24, 2.45) is 0 Å². The van der Waals surface area contributed by atoms with Crippen LogP contribution in [0, 0.1) is 0 Å². The summed E-state index contributed by atoms with van der Waals surface area (Å²) in [5.74, 6) is 0. The normalized spacial score (nSPS) is 16.4. The van der Waals surface area contributed by atoms with Gasteiger partial charge in [0.1, 0.15) is 0 Å². The van der Waals surface area contributed by atoms with E-state index < -0.39 is 18.1 Å². The van der Waals surface area contributed by atoms with Gasteiger partial charge in [-0.25, -0.2) is 0 Å². The van der Waals surface area contributed by atoms with Crippen LogP contribution in [0.2, 0.25) is 0 Å². The summed E-state index contributed by atoms with van der Waals surface area (Å²) in [6.45, 7) is 4.30. The number of alkyl halides is 3. The number of rotatable bonds is 7. The number of aliphatic hydroxyl groups is 1. The van der Waals surface area contributed by atoms with Gasteiger partial charge in [-0.3, -0.25) is 0 Å². The fourth-order valence-electron chi connectivity index (χ4n) is 1.33. The monoisotopic (exact) mass is 227 g/mol. The third kappa shape index (κ3) is 7.62. The lowest BCUT2D eigenvalue weighted by molar-refractivity contribution is -0.136. The van der Waals surface area contributed by atoms with E-state index in [0.717, 1.165) is 6.42 Å². The van der Waals surface area contributed by atoms with E-state index >= 15 is 0 Å². The molecule has 0 bridgehead atoms. The zero-order chi connectivity index (χ0) is 11.9. The number of halogens is 3. The van der Waals surface area contributed by atoms with E-state index in [1.165, 1.54) is 0 Å². The van der Waals surface area contributed by atoms with Gasteiger partial charge in [0.05, 0.1) is 6.61 Å². The molecule has 0 radical (unpaired) electrons. The first-order chi connectivity index (χ1) is 6.83. The summed E-state index contributed by atoms with van der Waals surface area (Å²) < 4.78 is 35.7. The molecular weight excluding hydrogens is 207 g/mol. The number of aliphatic hydroxyl groups excluding tert-OH is 1. The van der Waals surface area contributed by atoms with E-state index in [-0.39, 0.29) is 13.0 Å². The second-order valence-corrected chi connectivity index (χ2v) is 4.11. The fourth-order valence-corrected chi connectivity index (χ4v) is 1.33. The predicted octanol–water partition coefficient (Wildman–Crippen LogP) is 2.47. The summed E-state index contributed by atoms with van der Waals surface area (Å²) in [5, 5.41) is 12.2.